The van der Waals surface area contributed by atoms with E-state index in [0.29, 0.717) is 5.75 Å². The molecule has 0 bridgehead atoms. The number of aryl methyl sites for hydroxylation is 3. The minimum absolute atomic E-state index is 0.247. The van der Waals surface area contributed by atoms with E-state index in [9.17, 15) is 9.59 Å². The number of amides is 1. The Hall–Kier alpha value is -2.82. The summed E-state index contributed by atoms with van der Waals surface area (Å²) < 4.78 is 10.7. The summed E-state index contributed by atoms with van der Waals surface area (Å²) in [6, 6.07) is 11.6. The maximum absolute atomic E-state index is 12.5. The van der Waals surface area contributed by atoms with E-state index in [1.165, 1.54) is 0 Å². The van der Waals surface area contributed by atoms with Crippen molar-refractivity contribution in [3.05, 3.63) is 58.7 Å². The van der Waals surface area contributed by atoms with E-state index >= 15 is 0 Å². The quantitative estimate of drug-likeness (QED) is 0.705. The Morgan fingerprint density at radius 1 is 1.00 bits per heavy atom. The molecule has 2 aromatic rings. The Morgan fingerprint density at radius 2 is 1.71 bits per heavy atom. The first-order chi connectivity index (χ1) is 13.2. The summed E-state index contributed by atoms with van der Waals surface area (Å²) in [5, 5.41) is 2.90. The smallest absolute Gasteiger partial charge is 0.344 e. The van der Waals surface area contributed by atoms with Gasteiger partial charge in [-0.15, -0.1) is 0 Å². The monoisotopic (exact) mass is 383 g/mol. The number of nitrogens with one attached hydrogen (secondary N) is 1. The molecule has 5 nitrogen and oxygen atoms in total. The Balaban J connectivity index is 1.94. The topological polar surface area (TPSA) is 64.6 Å². The van der Waals surface area contributed by atoms with Gasteiger partial charge in [-0.05, 0) is 56.4 Å². The Morgan fingerprint density at radius 3 is 2.36 bits per heavy atom. The molecule has 5 heteroatoms. The van der Waals surface area contributed by atoms with Crippen LogP contribution in [0.5, 0.6) is 5.75 Å². The van der Waals surface area contributed by atoms with Crippen LogP contribution in [0.15, 0.2) is 36.4 Å². The second kappa shape index (κ2) is 9.40. The fourth-order valence-electron chi connectivity index (χ4n) is 2.95. The number of esters is 1. The number of hydrogen-bond donors (Lipinski definition) is 1. The van der Waals surface area contributed by atoms with Crippen molar-refractivity contribution >= 4 is 17.6 Å². The molecule has 1 atom stereocenters. The van der Waals surface area contributed by atoms with Gasteiger partial charge in [0.1, 0.15) is 5.75 Å². The van der Waals surface area contributed by atoms with Gasteiger partial charge in [0.05, 0.1) is 0 Å². The molecule has 150 valence electrons. The highest BCUT2D eigenvalue weighted by atomic mass is 16.6. The van der Waals surface area contributed by atoms with Crippen LogP contribution in [0.3, 0.4) is 0 Å². The molecule has 2 rings (SSSR count). The third-order valence-corrected chi connectivity index (χ3v) is 4.53. The Labute approximate surface area is 167 Å². The Kier molecular flexibility index (Phi) is 7.21. The fourth-order valence-corrected chi connectivity index (χ4v) is 2.95. The van der Waals surface area contributed by atoms with Gasteiger partial charge in [-0.2, -0.15) is 0 Å². The zero-order chi connectivity index (χ0) is 20.8. The van der Waals surface area contributed by atoms with Crippen LogP contribution in [0.1, 0.15) is 48.9 Å². The van der Waals surface area contributed by atoms with E-state index in [2.05, 4.69) is 19.2 Å². The number of para-hydroxylation sites is 1. The second-order valence-electron chi connectivity index (χ2n) is 7.37. The summed E-state index contributed by atoms with van der Waals surface area (Å²) >= 11 is 0. The third kappa shape index (κ3) is 5.59. The van der Waals surface area contributed by atoms with Gasteiger partial charge in [0.2, 0.25) is 0 Å². The highest BCUT2D eigenvalue weighted by molar-refractivity contribution is 5.96. The predicted molar refractivity (Wildman–Crippen MR) is 111 cm³/mol. The van der Waals surface area contributed by atoms with Crippen LogP contribution in [0.25, 0.3) is 0 Å². The van der Waals surface area contributed by atoms with Gasteiger partial charge in [0, 0.05) is 5.69 Å². The summed E-state index contributed by atoms with van der Waals surface area (Å²) in [5.74, 6) is -0.0621. The van der Waals surface area contributed by atoms with Crippen LogP contribution in [-0.4, -0.2) is 24.6 Å². The van der Waals surface area contributed by atoms with Crippen LogP contribution in [0.4, 0.5) is 5.69 Å². The maximum atomic E-state index is 12.5. The average Bonchev–Trinajstić information content (AvgIpc) is 2.62. The number of rotatable bonds is 7. The van der Waals surface area contributed by atoms with Crippen molar-refractivity contribution in [1.82, 2.24) is 0 Å². The minimum atomic E-state index is -0.921. The van der Waals surface area contributed by atoms with Crippen molar-refractivity contribution in [2.75, 3.05) is 11.9 Å². The first-order valence-corrected chi connectivity index (χ1v) is 9.49. The number of anilines is 1. The lowest BCUT2D eigenvalue weighted by atomic mass is 9.98. The molecule has 0 aliphatic rings. The highest BCUT2D eigenvalue weighted by Gasteiger charge is 2.20. The number of carbonyl (C=O) groups is 2. The van der Waals surface area contributed by atoms with E-state index in [-0.39, 0.29) is 18.4 Å². The zero-order valence-electron chi connectivity index (χ0n) is 17.5. The van der Waals surface area contributed by atoms with Crippen molar-refractivity contribution in [2.24, 2.45) is 0 Å². The van der Waals surface area contributed by atoms with Crippen molar-refractivity contribution in [3.63, 3.8) is 0 Å². The van der Waals surface area contributed by atoms with E-state index in [1.54, 1.807) is 6.92 Å². The summed E-state index contributed by atoms with van der Waals surface area (Å²) in [6.07, 6.45) is -0.921. The SMILES string of the molecule is Cc1ccc(OCC(=O)O[C@H](C)C(=O)Nc2c(C)cccc2C(C)C)c(C)c1. The van der Waals surface area contributed by atoms with E-state index in [1.807, 2.05) is 57.2 Å². The molecule has 0 spiro atoms. The van der Waals surface area contributed by atoms with Gasteiger partial charge >= 0.3 is 5.97 Å². The summed E-state index contributed by atoms with van der Waals surface area (Å²) in [6.45, 7) is 11.3. The molecule has 0 heterocycles. The number of benzene rings is 2. The van der Waals surface area contributed by atoms with Crippen LogP contribution >= 0.6 is 0 Å². The minimum Gasteiger partial charge on any atom is -0.482 e. The average molecular weight is 383 g/mol. The molecule has 28 heavy (non-hydrogen) atoms. The molecule has 0 saturated heterocycles. The predicted octanol–water partition coefficient (Wildman–Crippen LogP) is 4.68. The molecule has 0 radical (unpaired) electrons. The van der Waals surface area contributed by atoms with Gasteiger partial charge in [-0.3, -0.25) is 4.79 Å². The standard InChI is InChI=1S/C23H29NO4/c1-14(2)19-9-7-8-16(4)22(19)24-23(26)18(6)28-21(25)13-27-20-11-10-15(3)12-17(20)5/h7-12,14,18H,13H2,1-6H3,(H,24,26)/t18-/m1/s1. The van der Waals surface area contributed by atoms with Crippen LogP contribution < -0.4 is 10.1 Å². The van der Waals surface area contributed by atoms with Crippen LogP contribution in [-0.2, 0) is 14.3 Å². The molecule has 0 aliphatic heterocycles. The van der Waals surface area contributed by atoms with Gasteiger partial charge in [0.25, 0.3) is 5.91 Å². The number of carbonyl (C=O) groups excluding carboxylic acids is 2. The van der Waals surface area contributed by atoms with Gasteiger partial charge < -0.3 is 14.8 Å². The lowest BCUT2D eigenvalue weighted by molar-refractivity contribution is -0.155. The number of hydrogen-bond acceptors (Lipinski definition) is 4. The summed E-state index contributed by atoms with van der Waals surface area (Å²) in [5.41, 5.74) is 4.85. The van der Waals surface area contributed by atoms with Gasteiger partial charge in [-0.25, -0.2) is 4.79 Å². The summed E-state index contributed by atoms with van der Waals surface area (Å²) in [7, 11) is 0. The van der Waals surface area contributed by atoms with Crippen molar-refractivity contribution in [3.8, 4) is 5.75 Å². The maximum Gasteiger partial charge on any atom is 0.344 e. The summed E-state index contributed by atoms with van der Waals surface area (Å²) in [4.78, 5) is 24.6. The lowest BCUT2D eigenvalue weighted by Gasteiger charge is -2.19. The first-order valence-electron chi connectivity index (χ1n) is 9.49. The molecule has 0 saturated carbocycles. The molecule has 2 aromatic carbocycles. The number of ether oxygens (including phenoxy) is 2. The molecule has 1 amide bonds. The molecule has 1 N–H and O–H groups in total. The molecule has 0 aliphatic carbocycles. The molecular formula is C23H29NO4. The third-order valence-electron chi connectivity index (χ3n) is 4.53. The normalized spacial score (nSPS) is 11.8. The zero-order valence-corrected chi connectivity index (χ0v) is 17.5. The fraction of sp³-hybridized carbons (Fsp3) is 0.391. The molecular weight excluding hydrogens is 354 g/mol. The van der Waals surface area contributed by atoms with Crippen LogP contribution in [0, 0.1) is 20.8 Å². The van der Waals surface area contributed by atoms with Crippen molar-refractivity contribution < 1.29 is 19.1 Å². The second-order valence-corrected chi connectivity index (χ2v) is 7.37. The largest absolute Gasteiger partial charge is 0.482 e. The van der Waals surface area contributed by atoms with E-state index < -0.39 is 12.1 Å². The lowest BCUT2D eigenvalue weighted by Crippen LogP contribution is -2.32. The first kappa shape index (κ1) is 21.5. The van der Waals surface area contributed by atoms with Gasteiger partial charge in [-0.1, -0.05) is 49.7 Å². The van der Waals surface area contributed by atoms with E-state index in [0.717, 1.165) is 27.9 Å². The van der Waals surface area contributed by atoms with Crippen molar-refractivity contribution in [2.45, 2.75) is 53.6 Å². The Bertz CT molecular complexity index is 858. The van der Waals surface area contributed by atoms with Gasteiger partial charge in [0.15, 0.2) is 12.7 Å². The van der Waals surface area contributed by atoms with Crippen molar-refractivity contribution in [1.29, 1.82) is 0 Å². The van der Waals surface area contributed by atoms with Crippen LogP contribution in [0.2, 0.25) is 0 Å². The van der Waals surface area contributed by atoms with E-state index in [4.69, 9.17) is 9.47 Å². The molecule has 0 aromatic heterocycles. The highest BCUT2D eigenvalue weighted by Crippen LogP contribution is 2.27. The molecule has 0 unspecified atom stereocenters. The molecule has 0 fully saturated rings.